The molecule has 5 aliphatic carbocycles. The third-order valence-electron chi connectivity index (χ3n) is 19.6. The lowest BCUT2D eigenvalue weighted by Crippen LogP contribution is -2.68. The first kappa shape index (κ1) is 50.9. The van der Waals surface area contributed by atoms with Crippen molar-refractivity contribution in [2.75, 3.05) is 19.8 Å². The second-order valence-electron chi connectivity index (χ2n) is 23.0. The summed E-state index contributed by atoms with van der Waals surface area (Å²) in [7, 11) is 0. The van der Waals surface area contributed by atoms with E-state index in [2.05, 4.69) is 33.8 Å². The van der Waals surface area contributed by atoms with Crippen LogP contribution >= 0.6 is 0 Å². The minimum Gasteiger partial charge on any atom is -0.479 e. The zero-order valence-electron chi connectivity index (χ0n) is 39.1. The molecule has 3 aliphatic heterocycles. The molecule has 0 aromatic heterocycles. The molecule has 66 heavy (non-hydrogen) atoms. The predicted molar refractivity (Wildman–Crippen MR) is 227 cm³/mol. The summed E-state index contributed by atoms with van der Waals surface area (Å²) in [5, 5.41) is 131. The Bertz CT molecular complexity index is 1820. The van der Waals surface area contributed by atoms with Crippen molar-refractivity contribution >= 4 is 5.97 Å². The minimum atomic E-state index is -2.04. The molecule has 26 atom stereocenters. The summed E-state index contributed by atoms with van der Waals surface area (Å²) in [6.07, 6.45) is -18.9. The Kier molecular flexibility index (Phi) is 13.6. The van der Waals surface area contributed by atoms with Crippen LogP contribution in [0.2, 0.25) is 0 Å². The topological polar surface area (TPSA) is 315 Å². The summed E-state index contributed by atoms with van der Waals surface area (Å²) in [5.74, 6) is -1.59. The molecule has 0 spiro atoms. The van der Waals surface area contributed by atoms with E-state index < -0.39 is 133 Å². The van der Waals surface area contributed by atoms with E-state index in [0.717, 1.165) is 19.3 Å². The van der Waals surface area contributed by atoms with Crippen molar-refractivity contribution in [2.24, 2.45) is 50.2 Å². The van der Waals surface area contributed by atoms with Crippen molar-refractivity contribution in [2.45, 2.75) is 204 Å². The van der Waals surface area contributed by atoms with Gasteiger partial charge in [0.15, 0.2) is 25.0 Å². The molecular formula is C47H76O19. The standard InChI is InChI=1S/C47H76O19/c1-20-27(51)29(53)32(56)39(62-20)65-34-28(52)23(50)17-61-40(34)66-35-31(55)30(54)33(38(59)60)64-41(35)63-26-11-12-44(4)24(45(26,5)19-49)10-13-47(7)25(44)9-8-21-22-16-42(2,18-48)36(57)37(58)43(22,3)14-15-46(21,47)6/h8,20,22-37,39-41,48-58H,9-19H2,1-7H3,(H,59,60)/t20-,22+,23+,24-,25+,26-,27-,28-,29+,30-,31-,32+,33-,34+,35+,36+,37+,39-,40-,41+,42+,43+,44-,45+,46+,47+/m0/s1. The molecule has 0 aromatic carbocycles. The lowest BCUT2D eigenvalue weighted by Gasteiger charge is -2.72. The van der Waals surface area contributed by atoms with Gasteiger partial charge in [-0.05, 0) is 92.3 Å². The first-order valence-electron chi connectivity index (χ1n) is 23.9. The fourth-order valence-corrected chi connectivity index (χ4v) is 14.9. The van der Waals surface area contributed by atoms with E-state index in [9.17, 15) is 66.1 Å². The number of carboxylic acid groups (broad SMARTS) is 1. The second kappa shape index (κ2) is 17.7. The summed E-state index contributed by atoms with van der Waals surface area (Å²) < 4.78 is 36.0. The van der Waals surface area contributed by atoms with Crippen molar-refractivity contribution in [3.05, 3.63) is 11.6 Å². The summed E-state index contributed by atoms with van der Waals surface area (Å²) in [6.45, 7) is 13.3. The maximum absolute atomic E-state index is 12.4. The Balaban J connectivity index is 1.06. The molecule has 378 valence electrons. The van der Waals surface area contributed by atoms with Gasteiger partial charge < -0.3 is 89.7 Å². The van der Waals surface area contributed by atoms with Gasteiger partial charge in [-0.25, -0.2) is 4.79 Å². The highest BCUT2D eigenvalue weighted by molar-refractivity contribution is 5.73. The Labute approximate surface area is 385 Å². The summed E-state index contributed by atoms with van der Waals surface area (Å²) in [5.41, 5.74) is -1.86. The van der Waals surface area contributed by atoms with Gasteiger partial charge in [-0.1, -0.05) is 53.2 Å². The number of aliphatic hydroxyl groups is 11. The van der Waals surface area contributed by atoms with Gasteiger partial charge in [0.25, 0.3) is 0 Å². The highest BCUT2D eigenvalue weighted by Crippen LogP contribution is 2.76. The maximum atomic E-state index is 12.4. The lowest BCUT2D eigenvalue weighted by atomic mass is 9.33. The maximum Gasteiger partial charge on any atom is 0.335 e. The average molecular weight is 945 g/mol. The zero-order valence-corrected chi connectivity index (χ0v) is 39.1. The number of carboxylic acids is 1. The summed E-state index contributed by atoms with van der Waals surface area (Å²) in [6, 6.07) is 0. The lowest BCUT2D eigenvalue weighted by molar-refractivity contribution is -0.387. The van der Waals surface area contributed by atoms with Crippen LogP contribution in [-0.4, -0.2) is 191 Å². The van der Waals surface area contributed by atoms with Crippen LogP contribution < -0.4 is 0 Å². The van der Waals surface area contributed by atoms with Gasteiger partial charge in [0.2, 0.25) is 0 Å². The quantitative estimate of drug-likeness (QED) is 0.100. The van der Waals surface area contributed by atoms with Crippen molar-refractivity contribution in [1.29, 1.82) is 0 Å². The van der Waals surface area contributed by atoms with Crippen LogP contribution in [0.5, 0.6) is 0 Å². The highest BCUT2D eigenvalue weighted by Gasteiger charge is 2.70. The van der Waals surface area contributed by atoms with Gasteiger partial charge in [0, 0.05) is 16.2 Å². The van der Waals surface area contributed by atoms with Crippen molar-refractivity contribution in [3.8, 4) is 0 Å². The number of aliphatic hydroxyl groups excluding tert-OH is 11. The Morgan fingerprint density at radius 2 is 1.35 bits per heavy atom. The number of carbonyl (C=O) groups is 1. The Hall–Kier alpha value is -1.47. The third kappa shape index (κ3) is 7.51. The second-order valence-corrected chi connectivity index (χ2v) is 23.0. The molecule has 0 radical (unpaired) electrons. The average Bonchev–Trinajstić information content (AvgIpc) is 3.27. The predicted octanol–water partition coefficient (Wildman–Crippen LogP) is -0.713. The van der Waals surface area contributed by atoms with Gasteiger partial charge in [-0.15, -0.1) is 0 Å². The van der Waals surface area contributed by atoms with Gasteiger partial charge in [-0.2, -0.15) is 0 Å². The van der Waals surface area contributed by atoms with E-state index in [0.29, 0.717) is 32.1 Å². The van der Waals surface area contributed by atoms with Crippen LogP contribution in [0.15, 0.2) is 11.6 Å². The number of aliphatic carboxylic acids is 1. The van der Waals surface area contributed by atoms with Crippen LogP contribution in [0.1, 0.15) is 99.8 Å². The third-order valence-corrected chi connectivity index (χ3v) is 19.6. The number of ether oxygens (including phenoxy) is 6. The number of fused-ring (bicyclic) bond motifs is 7. The molecule has 19 heteroatoms. The van der Waals surface area contributed by atoms with Crippen molar-refractivity contribution in [3.63, 3.8) is 0 Å². The monoisotopic (exact) mass is 944 g/mol. The molecular weight excluding hydrogens is 868 g/mol. The van der Waals surface area contributed by atoms with Crippen LogP contribution in [0.25, 0.3) is 0 Å². The van der Waals surface area contributed by atoms with Crippen LogP contribution in [0.4, 0.5) is 0 Å². The van der Waals surface area contributed by atoms with E-state index in [1.807, 2.05) is 13.8 Å². The normalized spacial score (nSPS) is 57.4. The highest BCUT2D eigenvalue weighted by atomic mass is 16.8. The Morgan fingerprint density at radius 3 is 2.00 bits per heavy atom. The zero-order chi connectivity index (χ0) is 48.4. The van der Waals surface area contributed by atoms with Crippen LogP contribution in [0.3, 0.4) is 0 Å². The molecule has 0 unspecified atom stereocenters. The van der Waals surface area contributed by atoms with Crippen molar-refractivity contribution < 1.29 is 94.5 Å². The van der Waals surface area contributed by atoms with Gasteiger partial charge in [0.1, 0.15) is 54.9 Å². The molecule has 0 amide bonds. The van der Waals surface area contributed by atoms with Crippen LogP contribution in [-0.2, 0) is 33.2 Å². The molecule has 12 N–H and O–H groups in total. The van der Waals surface area contributed by atoms with Crippen molar-refractivity contribution in [1.82, 2.24) is 0 Å². The smallest absolute Gasteiger partial charge is 0.335 e. The van der Waals surface area contributed by atoms with Crippen LogP contribution in [0, 0.1) is 50.2 Å². The molecule has 4 saturated carbocycles. The number of allylic oxidation sites excluding steroid dienone is 2. The van der Waals surface area contributed by atoms with E-state index in [1.165, 1.54) is 12.5 Å². The van der Waals surface area contributed by atoms with E-state index in [4.69, 9.17) is 28.4 Å². The molecule has 0 bridgehead atoms. The number of hydrogen-bond acceptors (Lipinski definition) is 18. The molecule has 7 fully saturated rings. The number of rotatable bonds is 9. The first-order chi connectivity index (χ1) is 30.8. The molecule has 8 rings (SSSR count). The molecule has 3 saturated heterocycles. The van der Waals surface area contributed by atoms with Gasteiger partial charge >= 0.3 is 5.97 Å². The summed E-state index contributed by atoms with van der Waals surface area (Å²) >= 11 is 0. The largest absolute Gasteiger partial charge is 0.479 e. The fourth-order valence-electron chi connectivity index (χ4n) is 14.9. The van der Waals surface area contributed by atoms with Gasteiger partial charge in [0.05, 0.1) is 44.2 Å². The van der Waals surface area contributed by atoms with E-state index in [1.54, 1.807) is 0 Å². The van der Waals surface area contributed by atoms with E-state index >= 15 is 0 Å². The first-order valence-corrected chi connectivity index (χ1v) is 23.9. The Morgan fingerprint density at radius 1 is 0.682 bits per heavy atom. The SMILES string of the molecule is C[C@@H]1O[C@@H](O[C@H]2[C@H](O[C@H]3[C@H](O[C@H]4CC[C@@]5(C)[C@H](CC[C@]6(C)[C@@H]5CC=C5[C@H]7C[C@](C)(CO)[C@H](O)[C@@H](O)[C@]7(C)CC[C@]56C)[C@@]4(C)CO)O[C@H](C(=O)O)[C@@H](O)[C@@H]3O)OC[C@@H](O)[C@@H]2O)[C@H](O)[C@H](O)[C@H]1O. The number of hydrogen-bond donors (Lipinski definition) is 12. The molecule has 0 aromatic rings. The molecule has 19 nitrogen and oxygen atoms in total. The minimum absolute atomic E-state index is 0.0388. The van der Waals surface area contributed by atoms with E-state index in [-0.39, 0.29) is 47.2 Å². The molecule has 3 heterocycles. The summed E-state index contributed by atoms with van der Waals surface area (Å²) in [4.78, 5) is 12.4. The molecule has 8 aliphatic rings. The fraction of sp³-hybridized carbons (Fsp3) is 0.936. The van der Waals surface area contributed by atoms with Gasteiger partial charge in [-0.3, -0.25) is 0 Å².